The fraction of sp³-hybridized carbons (Fsp3) is 0.682. The number of ether oxygens (including phenoxy) is 1. The summed E-state index contributed by atoms with van der Waals surface area (Å²) in [4.78, 5) is 5.24. The fourth-order valence-corrected chi connectivity index (χ4v) is 4.49. The highest BCUT2D eigenvalue weighted by Crippen LogP contribution is 2.41. The number of guanidine groups is 1. The maximum atomic E-state index is 11.6. The highest BCUT2D eigenvalue weighted by molar-refractivity contribution is 7.90. The smallest absolute Gasteiger partial charge is 0.191 e. The first kappa shape index (κ1) is 23.7. The summed E-state index contributed by atoms with van der Waals surface area (Å²) in [6.45, 7) is 8.10. The summed E-state index contributed by atoms with van der Waals surface area (Å²) in [6.07, 6.45) is 8.16. The Morgan fingerprint density at radius 1 is 1.14 bits per heavy atom. The van der Waals surface area contributed by atoms with Crippen molar-refractivity contribution >= 4 is 15.8 Å². The van der Waals surface area contributed by atoms with Crippen LogP contribution in [0.1, 0.15) is 51.5 Å². The van der Waals surface area contributed by atoms with E-state index in [4.69, 9.17) is 9.73 Å². The molecule has 1 fully saturated rings. The fourth-order valence-electron chi connectivity index (χ4n) is 3.86. The highest BCUT2D eigenvalue weighted by Gasteiger charge is 2.33. The van der Waals surface area contributed by atoms with Crippen LogP contribution in [0.2, 0.25) is 0 Å². The largest absolute Gasteiger partial charge is 0.382 e. The van der Waals surface area contributed by atoms with Crippen molar-refractivity contribution in [1.29, 1.82) is 0 Å². The molecule has 0 amide bonds. The van der Waals surface area contributed by atoms with Gasteiger partial charge in [-0.2, -0.15) is 0 Å². The second-order valence-corrected chi connectivity index (χ2v) is 9.96. The lowest BCUT2D eigenvalue weighted by Gasteiger charge is -2.27. The maximum absolute atomic E-state index is 11.6. The van der Waals surface area contributed by atoms with E-state index >= 15 is 0 Å². The topological polar surface area (TPSA) is 79.8 Å². The van der Waals surface area contributed by atoms with Crippen LogP contribution in [0.3, 0.4) is 0 Å². The van der Waals surface area contributed by atoms with Crippen LogP contribution in [-0.4, -0.2) is 53.5 Å². The van der Waals surface area contributed by atoms with E-state index in [1.807, 2.05) is 19.1 Å². The Morgan fingerprint density at radius 2 is 1.83 bits per heavy atom. The molecule has 1 saturated carbocycles. The van der Waals surface area contributed by atoms with E-state index in [1.54, 1.807) is 12.1 Å². The second-order valence-electron chi connectivity index (χ2n) is 7.94. The van der Waals surface area contributed by atoms with E-state index < -0.39 is 9.84 Å². The predicted molar refractivity (Wildman–Crippen MR) is 119 cm³/mol. The first-order valence-electron chi connectivity index (χ1n) is 10.8. The van der Waals surface area contributed by atoms with Gasteiger partial charge in [-0.05, 0) is 62.6 Å². The minimum absolute atomic E-state index is 0.277. The van der Waals surface area contributed by atoms with Crippen molar-refractivity contribution in [2.24, 2.45) is 10.4 Å². The predicted octanol–water partition coefficient (Wildman–Crippen LogP) is 3.17. The molecule has 0 bridgehead atoms. The summed E-state index contributed by atoms with van der Waals surface area (Å²) >= 11 is 0. The molecule has 1 aliphatic carbocycles. The molecule has 0 unspecified atom stereocenters. The highest BCUT2D eigenvalue weighted by atomic mass is 32.2. The van der Waals surface area contributed by atoms with Crippen LogP contribution in [0, 0.1) is 5.41 Å². The number of nitrogens with zero attached hydrogens (tertiary/aromatic N) is 1. The van der Waals surface area contributed by atoms with Gasteiger partial charge in [0, 0.05) is 39.1 Å². The van der Waals surface area contributed by atoms with Gasteiger partial charge < -0.3 is 15.4 Å². The van der Waals surface area contributed by atoms with Crippen molar-refractivity contribution in [3.63, 3.8) is 0 Å². The average Bonchev–Trinajstić information content (AvgIpc) is 3.15. The van der Waals surface area contributed by atoms with Crippen molar-refractivity contribution in [2.45, 2.75) is 57.3 Å². The molecular formula is C22H37N3O3S. The molecule has 0 aromatic heterocycles. The molecule has 0 saturated heterocycles. The van der Waals surface area contributed by atoms with E-state index in [-0.39, 0.29) is 5.41 Å². The molecule has 164 valence electrons. The van der Waals surface area contributed by atoms with Crippen molar-refractivity contribution in [1.82, 2.24) is 10.6 Å². The third kappa shape index (κ3) is 7.97. The molecule has 2 N–H and O–H groups in total. The lowest BCUT2D eigenvalue weighted by atomic mass is 9.83. The SMILES string of the molecule is CCNC(=NCC1(CCOCC)CCCC1)NCCc1ccc(S(C)(=O)=O)cc1. The Balaban J connectivity index is 1.89. The van der Waals surface area contributed by atoms with Crippen LogP contribution in [-0.2, 0) is 21.0 Å². The minimum atomic E-state index is -3.14. The first-order valence-corrected chi connectivity index (χ1v) is 12.7. The van der Waals surface area contributed by atoms with Crippen molar-refractivity contribution in [3.8, 4) is 0 Å². The molecule has 0 aliphatic heterocycles. The molecule has 0 radical (unpaired) electrons. The van der Waals surface area contributed by atoms with Gasteiger partial charge in [-0.3, -0.25) is 4.99 Å². The lowest BCUT2D eigenvalue weighted by molar-refractivity contribution is 0.107. The number of nitrogens with one attached hydrogen (secondary N) is 2. The van der Waals surface area contributed by atoms with Crippen LogP contribution in [0.5, 0.6) is 0 Å². The number of hydrogen-bond acceptors (Lipinski definition) is 4. The Hall–Kier alpha value is -1.60. The molecule has 29 heavy (non-hydrogen) atoms. The average molecular weight is 424 g/mol. The van der Waals surface area contributed by atoms with E-state index in [0.29, 0.717) is 4.90 Å². The van der Waals surface area contributed by atoms with Gasteiger partial charge in [0.05, 0.1) is 4.90 Å². The zero-order valence-corrected chi connectivity index (χ0v) is 19.0. The normalized spacial score (nSPS) is 16.7. The first-order chi connectivity index (χ1) is 13.9. The van der Waals surface area contributed by atoms with Crippen LogP contribution < -0.4 is 10.6 Å². The zero-order valence-electron chi connectivity index (χ0n) is 18.2. The number of hydrogen-bond donors (Lipinski definition) is 2. The van der Waals surface area contributed by atoms with Crippen molar-refractivity contribution in [3.05, 3.63) is 29.8 Å². The summed E-state index contributed by atoms with van der Waals surface area (Å²) < 4.78 is 28.7. The molecule has 2 rings (SSSR count). The Labute approximate surface area is 176 Å². The third-order valence-corrected chi connectivity index (χ3v) is 6.75. The van der Waals surface area contributed by atoms with Gasteiger partial charge in [0.15, 0.2) is 15.8 Å². The Morgan fingerprint density at radius 3 is 2.41 bits per heavy atom. The molecule has 0 spiro atoms. The minimum Gasteiger partial charge on any atom is -0.382 e. The van der Waals surface area contributed by atoms with Crippen LogP contribution >= 0.6 is 0 Å². The van der Waals surface area contributed by atoms with Gasteiger partial charge in [-0.15, -0.1) is 0 Å². The molecule has 1 aromatic carbocycles. The second kappa shape index (κ2) is 11.6. The molecule has 6 nitrogen and oxygen atoms in total. The molecule has 7 heteroatoms. The zero-order chi connectivity index (χ0) is 21.2. The summed E-state index contributed by atoms with van der Waals surface area (Å²) in [5.74, 6) is 0.850. The lowest BCUT2D eigenvalue weighted by Crippen LogP contribution is -2.39. The standard InChI is InChI=1S/C22H37N3O3S/c1-4-23-21(25-18-22(13-6-7-14-22)15-17-28-5-2)24-16-12-19-8-10-20(11-9-19)29(3,26)27/h8-11H,4-7,12-18H2,1-3H3,(H2,23,24,25). The van der Waals surface area contributed by atoms with Crippen molar-refractivity contribution < 1.29 is 13.2 Å². The molecular weight excluding hydrogens is 386 g/mol. The summed E-state index contributed by atoms with van der Waals surface area (Å²) in [6, 6.07) is 7.10. The van der Waals surface area contributed by atoms with E-state index in [0.717, 1.165) is 57.2 Å². The van der Waals surface area contributed by atoms with Crippen molar-refractivity contribution in [2.75, 3.05) is 39.1 Å². The summed E-state index contributed by atoms with van der Waals surface area (Å²) in [7, 11) is -3.14. The third-order valence-electron chi connectivity index (χ3n) is 5.62. The molecule has 0 atom stereocenters. The van der Waals surface area contributed by atoms with Gasteiger partial charge in [0.2, 0.25) is 0 Å². The molecule has 1 aliphatic rings. The van der Waals surface area contributed by atoms with Gasteiger partial charge >= 0.3 is 0 Å². The van der Waals surface area contributed by atoms with Crippen LogP contribution in [0.25, 0.3) is 0 Å². The summed E-state index contributed by atoms with van der Waals surface area (Å²) in [5, 5.41) is 6.75. The van der Waals surface area contributed by atoms with E-state index in [2.05, 4.69) is 17.6 Å². The van der Waals surface area contributed by atoms with Crippen LogP contribution in [0.4, 0.5) is 0 Å². The van der Waals surface area contributed by atoms with Gasteiger partial charge in [0.25, 0.3) is 0 Å². The number of benzene rings is 1. The number of sulfone groups is 1. The Bertz CT molecular complexity index is 739. The monoisotopic (exact) mass is 423 g/mol. The number of aliphatic imine (C=N–C) groups is 1. The van der Waals surface area contributed by atoms with Gasteiger partial charge in [0.1, 0.15) is 0 Å². The van der Waals surface area contributed by atoms with Crippen LogP contribution in [0.15, 0.2) is 34.2 Å². The van der Waals surface area contributed by atoms with Gasteiger partial charge in [-0.1, -0.05) is 25.0 Å². The van der Waals surface area contributed by atoms with Gasteiger partial charge in [-0.25, -0.2) is 8.42 Å². The maximum Gasteiger partial charge on any atom is 0.191 e. The van der Waals surface area contributed by atoms with E-state index in [9.17, 15) is 8.42 Å². The van der Waals surface area contributed by atoms with E-state index in [1.165, 1.54) is 31.9 Å². The Kier molecular flexibility index (Phi) is 9.43. The number of rotatable bonds is 11. The molecule has 0 heterocycles. The molecule has 1 aromatic rings. The quantitative estimate of drug-likeness (QED) is 0.325. The summed E-state index contributed by atoms with van der Waals surface area (Å²) in [5.41, 5.74) is 1.38.